The van der Waals surface area contributed by atoms with Gasteiger partial charge in [0.15, 0.2) is 0 Å². The molecule has 0 radical (unpaired) electrons. The summed E-state index contributed by atoms with van der Waals surface area (Å²) < 4.78 is 0. The molecule has 2 fully saturated rings. The van der Waals surface area contributed by atoms with Gasteiger partial charge in [-0.3, -0.25) is 9.69 Å². The molecule has 1 aliphatic carbocycles. The van der Waals surface area contributed by atoms with E-state index in [0.29, 0.717) is 6.54 Å². The topological polar surface area (TPSA) is 47.6 Å². The van der Waals surface area contributed by atoms with E-state index in [9.17, 15) is 4.79 Å². The zero-order valence-electron chi connectivity index (χ0n) is 12.3. The van der Waals surface area contributed by atoms with Crippen LogP contribution in [0.2, 0.25) is 0 Å². The molecular weight excluding hydrogens is 240 g/mol. The van der Waals surface area contributed by atoms with Crippen molar-refractivity contribution in [2.45, 2.75) is 25.8 Å². The molecule has 2 rings (SSSR count). The lowest BCUT2D eigenvalue weighted by molar-refractivity contribution is -0.121. The van der Waals surface area contributed by atoms with Gasteiger partial charge in [-0.15, -0.1) is 0 Å². The number of carbonyl (C=O) groups excluding carboxylic acids is 1. The highest BCUT2D eigenvalue weighted by molar-refractivity contribution is 5.78. The van der Waals surface area contributed by atoms with Gasteiger partial charge in [-0.2, -0.15) is 0 Å². The van der Waals surface area contributed by atoms with Gasteiger partial charge in [-0.05, 0) is 39.3 Å². The van der Waals surface area contributed by atoms with Crippen LogP contribution < -0.4 is 10.6 Å². The molecule has 5 heteroatoms. The highest BCUT2D eigenvalue weighted by atomic mass is 16.1. The van der Waals surface area contributed by atoms with Gasteiger partial charge < -0.3 is 15.5 Å². The lowest BCUT2D eigenvalue weighted by atomic mass is 10.2. The Balaban J connectivity index is 1.54. The summed E-state index contributed by atoms with van der Waals surface area (Å²) in [4.78, 5) is 16.5. The molecular formula is C14H28N4O. The maximum absolute atomic E-state index is 11.7. The van der Waals surface area contributed by atoms with Crippen LogP contribution in [-0.2, 0) is 4.79 Å². The molecule has 110 valence electrons. The lowest BCUT2D eigenvalue weighted by Gasteiger charge is -2.34. The number of amides is 1. The molecule has 2 aliphatic rings. The molecule has 0 bridgehead atoms. The first kappa shape index (κ1) is 14.8. The average molecular weight is 268 g/mol. The summed E-state index contributed by atoms with van der Waals surface area (Å²) in [6.45, 7) is 8.99. The minimum atomic E-state index is 0.127. The van der Waals surface area contributed by atoms with Crippen molar-refractivity contribution in [3.63, 3.8) is 0 Å². The predicted octanol–water partition coefficient (Wildman–Crippen LogP) is -0.262. The summed E-state index contributed by atoms with van der Waals surface area (Å²) in [5.74, 6) is 0.956. The molecule has 1 saturated carbocycles. The summed E-state index contributed by atoms with van der Waals surface area (Å²) in [5.41, 5.74) is 0. The summed E-state index contributed by atoms with van der Waals surface area (Å²) >= 11 is 0. The third-order valence-electron chi connectivity index (χ3n) is 3.95. The van der Waals surface area contributed by atoms with Crippen molar-refractivity contribution in [2.24, 2.45) is 5.92 Å². The average Bonchev–Trinajstić information content (AvgIpc) is 3.16. The SMILES string of the molecule is CC(CN1CCN(C)CC1)NC(=O)CNCC1CC1. The molecule has 1 saturated heterocycles. The summed E-state index contributed by atoms with van der Waals surface area (Å²) in [5, 5.41) is 6.31. The molecule has 1 amide bonds. The van der Waals surface area contributed by atoms with E-state index < -0.39 is 0 Å². The molecule has 2 N–H and O–H groups in total. The smallest absolute Gasteiger partial charge is 0.234 e. The van der Waals surface area contributed by atoms with Crippen molar-refractivity contribution >= 4 is 5.91 Å². The highest BCUT2D eigenvalue weighted by Crippen LogP contribution is 2.27. The van der Waals surface area contributed by atoms with E-state index in [0.717, 1.165) is 45.2 Å². The number of carbonyl (C=O) groups is 1. The van der Waals surface area contributed by atoms with E-state index in [1.807, 2.05) is 0 Å². The fourth-order valence-electron chi connectivity index (χ4n) is 2.50. The van der Waals surface area contributed by atoms with Crippen LogP contribution in [0.5, 0.6) is 0 Å². The van der Waals surface area contributed by atoms with Crippen LogP contribution in [0.15, 0.2) is 0 Å². The number of piperazine rings is 1. The third kappa shape index (κ3) is 5.89. The largest absolute Gasteiger partial charge is 0.351 e. The Morgan fingerprint density at radius 2 is 1.95 bits per heavy atom. The molecule has 1 aliphatic heterocycles. The van der Waals surface area contributed by atoms with Gasteiger partial charge in [0.1, 0.15) is 0 Å². The Morgan fingerprint density at radius 3 is 2.58 bits per heavy atom. The monoisotopic (exact) mass is 268 g/mol. The minimum Gasteiger partial charge on any atom is -0.351 e. The van der Waals surface area contributed by atoms with E-state index in [2.05, 4.69) is 34.4 Å². The zero-order valence-corrected chi connectivity index (χ0v) is 12.3. The normalized spacial score (nSPS) is 23.3. The predicted molar refractivity (Wildman–Crippen MR) is 77.1 cm³/mol. The van der Waals surface area contributed by atoms with Crippen molar-refractivity contribution in [3.8, 4) is 0 Å². The molecule has 0 aromatic rings. The number of hydrogen-bond acceptors (Lipinski definition) is 4. The number of hydrogen-bond donors (Lipinski definition) is 2. The van der Waals surface area contributed by atoms with E-state index in [1.165, 1.54) is 12.8 Å². The molecule has 0 aromatic heterocycles. The van der Waals surface area contributed by atoms with Gasteiger partial charge in [0.2, 0.25) is 5.91 Å². The van der Waals surface area contributed by atoms with Crippen molar-refractivity contribution in [3.05, 3.63) is 0 Å². The molecule has 1 atom stereocenters. The second kappa shape index (κ2) is 7.22. The van der Waals surface area contributed by atoms with Crippen molar-refractivity contribution < 1.29 is 4.79 Å². The highest BCUT2D eigenvalue weighted by Gasteiger charge is 2.21. The molecule has 0 spiro atoms. The molecule has 1 heterocycles. The van der Waals surface area contributed by atoms with Gasteiger partial charge in [-0.1, -0.05) is 0 Å². The molecule has 5 nitrogen and oxygen atoms in total. The van der Waals surface area contributed by atoms with Crippen molar-refractivity contribution in [2.75, 3.05) is 52.9 Å². The Morgan fingerprint density at radius 1 is 1.26 bits per heavy atom. The maximum atomic E-state index is 11.7. The Bertz CT molecular complexity index is 285. The number of nitrogens with zero attached hydrogens (tertiary/aromatic N) is 2. The van der Waals surface area contributed by atoms with Crippen LogP contribution in [0.25, 0.3) is 0 Å². The molecule has 1 unspecified atom stereocenters. The quantitative estimate of drug-likeness (QED) is 0.668. The second-order valence-corrected chi connectivity index (χ2v) is 6.15. The number of likely N-dealkylation sites (N-methyl/N-ethyl adjacent to an activating group) is 1. The van der Waals surface area contributed by atoms with E-state index in [1.54, 1.807) is 0 Å². The van der Waals surface area contributed by atoms with Crippen LogP contribution in [0.1, 0.15) is 19.8 Å². The zero-order chi connectivity index (χ0) is 13.7. The second-order valence-electron chi connectivity index (χ2n) is 6.15. The van der Waals surface area contributed by atoms with Gasteiger partial charge >= 0.3 is 0 Å². The van der Waals surface area contributed by atoms with Gasteiger partial charge in [0, 0.05) is 38.8 Å². The Hall–Kier alpha value is -0.650. The Labute approximate surface area is 116 Å². The first-order chi connectivity index (χ1) is 9.13. The molecule has 19 heavy (non-hydrogen) atoms. The minimum absolute atomic E-state index is 0.127. The summed E-state index contributed by atoms with van der Waals surface area (Å²) in [6, 6.07) is 0.235. The van der Waals surface area contributed by atoms with Crippen LogP contribution in [0.4, 0.5) is 0 Å². The first-order valence-corrected chi connectivity index (χ1v) is 7.54. The third-order valence-corrected chi connectivity index (χ3v) is 3.95. The van der Waals surface area contributed by atoms with Gasteiger partial charge in [0.05, 0.1) is 6.54 Å². The fourth-order valence-corrected chi connectivity index (χ4v) is 2.50. The molecule has 0 aromatic carbocycles. The Kier molecular flexibility index (Phi) is 5.60. The van der Waals surface area contributed by atoms with Gasteiger partial charge in [-0.25, -0.2) is 0 Å². The lowest BCUT2D eigenvalue weighted by Crippen LogP contribution is -2.50. The number of rotatable bonds is 7. The fraction of sp³-hybridized carbons (Fsp3) is 0.929. The summed E-state index contributed by atoms with van der Waals surface area (Å²) in [6.07, 6.45) is 2.66. The first-order valence-electron chi connectivity index (χ1n) is 7.54. The van der Waals surface area contributed by atoms with Crippen LogP contribution in [0.3, 0.4) is 0 Å². The van der Waals surface area contributed by atoms with Crippen LogP contribution >= 0.6 is 0 Å². The number of nitrogens with one attached hydrogen (secondary N) is 2. The van der Waals surface area contributed by atoms with Crippen LogP contribution in [-0.4, -0.2) is 74.6 Å². The van der Waals surface area contributed by atoms with E-state index in [4.69, 9.17) is 0 Å². The summed E-state index contributed by atoms with van der Waals surface area (Å²) in [7, 11) is 2.16. The van der Waals surface area contributed by atoms with Crippen molar-refractivity contribution in [1.82, 2.24) is 20.4 Å². The standard InChI is InChI=1S/C14H28N4O/c1-12(11-18-7-5-17(2)6-8-18)16-14(19)10-15-9-13-3-4-13/h12-13,15H,3-11H2,1-2H3,(H,16,19). The van der Waals surface area contributed by atoms with E-state index in [-0.39, 0.29) is 11.9 Å². The van der Waals surface area contributed by atoms with Gasteiger partial charge in [0.25, 0.3) is 0 Å². The maximum Gasteiger partial charge on any atom is 0.234 e. The van der Waals surface area contributed by atoms with E-state index >= 15 is 0 Å². The van der Waals surface area contributed by atoms with Crippen molar-refractivity contribution in [1.29, 1.82) is 0 Å². The van der Waals surface area contributed by atoms with Crippen LogP contribution in [0, 0.1) is 5.92 Å².